The van der Waals surface area contributed by atoms with Gasteiger partial charge in [0.2, 0.25) is 0 Å². The summed E-state index contributed by atoms with van der Waals surface area (Å²) in [6.07, 6.45) is 6.42. The summed E-state index contributed by atoms with van der Waals surface area (Å²) in [5, 5.41) is 3.30. The maximum absolute atomic E-state index is 12.9. The van der Waals surface area contributed by atoms with E-state index in [1.54, 1.807) is 12.4 Å². The number of rotatable bonds is 4. The molecule has 88 valence electrons. The van der Waals surface area contributed by atoms with Crippen molar-refractivity contribution >= 4 is 0 Å². The summed E-state index contributed by atoms with van der Waals surface area (Å²) in [6, 6.07) is 5.56. The number of halogens is 1. The second-order valence-electron chi connectivity index (χ2n) is 3.90. The van der Waals surface area contributed by atoms with Gasteiger partial charge in [0.15, 0.2) is 0 Å². The summed E-state index contributed by atoms with van der Waals surface area (Å²) >= 11 is 0. The van der Waals surface area contributed by atoms with E-state index < -0.39 is 0 Å². The normalized spacial score (nSPS) is 12.4. The van der Waals surface area contributed by atoms with Crippen LogP contribution in [-0.2, 0) is 6.54 Å². The molecule has 2 heterocycles. The van der Waals surface area contributed by atoms with Crippen LogP contribution in [0, 0.1) is 5.82 Å². The predicted octanol–water partition coefficient (Wildman–Crippen LogP) is 2.47. The largest absolute Gasteiger partial charge is 0.306 e. The molecule has 4 heteroatoms. The van der Waals surface area contributed by atoms with Crippen molar-refractivity contribution in [1.82, 2.24) is 15.3 Å². The van der Waals surface area contributed by atoms with Crippen LogP contribution < -0.4 is 5.32 Å². The van der Waals surface area contributed by atoms with Gasteiger partial charge < -0.3 is 5.32 Å². The van der Waals surface area contributed by atoms with Crippen molar-refractivity contribution < 1.29 is 4.39 Å². The van der Waals surface area contributed by atoms with E-state index in [1.807, 2.05) is 25.3 Å². The first-order chi connectivity index (χ1) is 8.25. The highest BCUT2D eigenvalue weighted by molar-refractivity contribution is 5.14. The molecule has 1 N–H and O–H groups in total. The van der Waals surface area contributed by atoms with Crippen LogP contribution in [0.1, 0.15) is 24.1 Å². The molecule has 0 radical (unpaired) electrons. The third kappa shape index (κ3) is 3.32. The van der Waals surface area contributed by atoms with Crippen molar-refractivity contribution in [3.8, 4) is 0 Å². The maximum Gasteiger partial charge on any atom is 0.141 e. The topological polar surface area (TPSA) is 37.8 Å². The fraction of sp³-hybridized carbons (Fsp3) is 0.231. The van der Waals surface area contributed by atoms with E-state index in [9.17, 15) is 4.39 Å². The zero-order valence-electron chi connectivity index (χ0n) is 9.60. The predicted molar refractivity (Wildman–Crippen MR) is 63.7 cm³/mol. The van der Waals surface area contributed by atoms with Gasteiger partial charge in [-0.2, -0.15) is 0 Å². The van der Waals surface area contributed by atoms with Crippen molar-refractivity contribution in [2.45, 2.75) is 19.5 Å². The Hall–Kier alpha value is -1.81. The van der Waals surface area contributed by atoms with E-state index in [-0.39, 0.29) is 11.9 Å². The third-order valence-electron chi connectivity index (χ3n) is 2.56. The van der Waals surface area contributed by atoms with E-state index in [1.165, 1.54) is 12.3 Å². The van der Waals surface area contributed by atoms with Gasteiger partial charge in [-0.25, -0.2) is 4.39 Å². The van der Waals surface area contributed by atoms with E-state index in [2.05, 4.69) is 15.3 Å². The summed E-state index contributed by atoms with van der Waals surface area (Å²) < 4.78 is 12.9. The number of pyridine rings is 2. The van der Waals surface area contributed by atoms with E-state index in [0.29, 0.717) is 6.54 Å². The van der Waals surface area contributed by atoms with Crippen LogP contribution in [0.2, 0.25) is 0 Å². The fourth-order valence-electron chi connectivity index (χ4n) is 1.57. The van der Waals surface area contributed by atoms with Gasteiger partial charge >= 0.3 is 0 Å². The molecule has 2 aromatic rings. The fourth-order valence-corrected chi connectivity index (χ4v) is 1.57. The van der Waals surface area contributed by atoms with Crippen LogP contribution in [0.15, 0.2) is 43.0 Å². The molecule has 1 atom stereocenters. The van der Waals surface area contributed by atoms with Gasteiger partial charge in [-0.1, -0.05) is 6.07 Å². The Morgan fingerprint density at radius 3 is 2.88 bits per heavy atom. The second kappa shape index (κ2) is 5.50. The zero-order chi connectivity index (χ0) is 12.1. The number of hydrogen-bond acceptors (Lipinski definition) is 3. The number of nitrogens with zero attached hydrogens (tertiary/aromatic N) is 2. The molecule has 0 saturated carbocycles. The van der Waals surface area contributed by atoms with Gasteiger partial charge in [0, 0.05) is 31.2 Å². The lowest BCUT2D eigenvalue weighted by Crippen LogP contribution is -2.18. The Balaban J connectivity index is 1.95. The number of nitrogens with one attached hydrogen (secondary N) is 1. The second-order valence-corrected chi connectivity index (χ2v) is 3.90. The molecule has 2 rings (SSSR count). The molecule has 0 aliphatic rings. The van der Waals surface area contributed by atoms with Gasteiger partial charge in [0.1, 0.15) is 5.82 Å². The minimum absolute atomic E-state index is 0.173. The Kier molecular flexibility index (Phi) is 3.77. The molecule has 0 aliphatic heterocycles. The highest BCUT2D eigenvalue weighted by atomic mass is 19.1. The lowest BCUT2D eigenvalue weighted by atomic mass is 10.1. The van der Waals surface area contributed by atoms with Crippen LogP contribution in [0.4, 0.5) is 4.39 Å². The van der Waals surface area contributed by atoms with Gasteiger partial charge in [0.05, 0.1) is 6.20 Å². The van der Waals surface area contributed by atoms with E-state index in [0.717, 1.165) is 11.1 Å². The first-order valence-electron chi connectivity index (χ1n) is 5.48. The maximum atomic E-state index is 12.9. The molecule has 0 amide bonds. The lowest BCUT2D eigenvalue weighted by molar-refractivity contribution is 0.565. The summed E-state index contributed by atoms with van der Waals surface area (Å²) in [6.45, 7) is 2.63. The van der Waals surface area contributed by atoms with Crippen LogP contribution in [0.25, 0.3) is 0 Å². The molecule has 0 saturated heterocycles. The average molecular weight is 231 g/mol. The van der Waals surface area contributed by atoms with Gasteiger partial charge in [-0.3, -0.25) is 9.97 Å². The molecule has 3 nitrogen and oxygen atoms in total. The van der Waals surface area contributed by atoms with E-state index in [4.69, 9.17) is 0 Å². The monoisotopic (exact) mass is 231 g/mol. The Morgan fingerprint density at radius 2 is 2.18 bits per heavy atom. The van der Waals surface area contributed by atoms with Crippen molar-refractivity contribution in [3.63, 3.8) is 0 Å². The first-order valence-corrected chi connectivity index (χ1v) is 5.48. The summed E-state index contributed by atoms with van der Waals surface area (Å²) in [7, 11) is 0. The highest BCUT2D eigenvalue weighted by Gasteiger charge is 2.04. The highest BCUT2D eigenvalue weighted by Crippen LogP contribution is 2.11. The minimum atomic E-state index is -0.307. The Bertz CT molecular complexity index is 473. The van der Waals surface area contributed by atoms with Gasteiger partial charge in [-0.05, 0) is 30.2 Å². The quantitative estimate of drug-likeness (QED) is 0.878. The van der Waals surface area contributed by atoms with Crippen LogP contribution in [0.3, 0.4) is 0 Å². The Labute approximate surface area is 99.7 Å². The molecule has 17 heavy (non-hydrogen) atoms. The molecular formula is C13H14FN3. The SMILES string of the molecule is C[C@@H](NCc1cncc(F)c1)c1cccnc1. The van der Waals surface area contributed by atoms with E-state index >= 15 is 0 Å². The summed E-state index contributed by atoms with van der Waals surface area (Å²) in [5.74, 6) is -0.307. The molecule has 0 spiro atoms. The molecule has 0 bridgehead atoms. The lowest BCUT2D eigenvalue weighted by Gasteiger charge is -2.13. The first kappa shape index (κ1) is 11.7. The van der Waals surface area contributed by atoms with Gasteiger partial charge in [0.25, 0.3) is 0 Å². The van der Waals surface area contributed by atoms with Crippen molar-refractivity contribution in [2.24, 2.45) is 0 Å². The minimum Gasteiger partial charge on any atom is -0.306 e. The standard InChI is InChI=1S/C13H14FN3/c1-10(12-3-2-4-15-8-12)17-7-11-5-13(14)9-16-6-11/h2-6,8-10,17H,7H2,1H3/t10-/m1/s1. The van der Waals surface area contributed by atoms with Gasteiger partial charge in [-0.15, -0.1) is 0 Å². The Morgan fingerprint density at radius 1 is 1.29 bits per heavy atom. The number of aromatic nitrogens is 2. The molecule has 0 fully saturated rings. The van der Waals surface area contributed by atoms with Crippen LogP contribution in [-0.4, -0.2) is 9.97 Å². The summed E-state index contributed by atoms with van der Waals surface area (Å²) in [5.41, 5.74) is 1.94. The van der Waals surface area contributed by atoms with Crippen molar-refractivity contribution in [3.05, 3.63) is 59.9 Å². The molecule has 2 aromatic heterocycles. The number of hydrogen-bond donors (Lipinski definition) is 1. The molecule has 0 aromatic carbocycles. The summed E-state index contributed by atoms with van der Waals surface area (Å²) in [4.78, 5) is 7.87. The van der Waals surface area contributed by atoms with Crippen molar-refractivity contribution in [1.29, 1.82) is 0 Å². The molecule has 0 aliphatic carbocycles. The van der Waals surface area contributed by atoms with Crippen molar-refractivity contribution in [2.75, 3.05) is 0 Å². The zero-order valence-corrected chi connectivity index (χ0v) is 9.60. The van der Waals surface area contributed by atoms with Crippen LogP contribution in [0.5, 0.6) is 0 Å². The van der Waals surface area contributed by atoms with Crippen LogP contribution >= 0.6 is 0 Å². The molecule has 0 unspecified atom stereocenters. The smallest absolute Gasteiger partial charge is 0.141 e. The molecular weight excluding hydrogens is 217 g/mol. The average Bonchev–Trinajstić information content (AvgIpc) is 2.37. The third-order valence-corrected chi connectivity index (χ3v) is 2.56.